The van der Waals surface area contributed by atoms with Gasteiger partial charge in [-0.05, 0) is 23.9 Å². The lowest BCUT2D eigenvalue weighted by Gasteiger charge is -2.01. The molecular weight excluding hydrogens is 266 g/mol. The summed E-state index contributed by atoms with van der Waals surface area (Å²) in [6.45, 7) is 2.78. The fourth-order valence-electron chi connectivity index (χ4n) is 1.81. The van der Waals surface area contributed by atoms with E-state index >= 15 is 0 Å². The SMILES string of the molecule is CCCn1nncc1C(=O)c1cc2sccc2s1. The zero-order chi connectivity index (χ0) is 12.5. The Hall–Kier alpha value is -1.53. The number of carbonyl (C=O) groups is 1. The summed E-state index contributed by atoms with van der Waals surface area (Å²) in [6, 6.07) is 4.00. The number of fused-ring (bicyclic) bond motifs is 1. The van der Waals surface area contributed by atoms with Gasteiger partial charge in [0.05, 0.1) is 11.1 Å². The normalized spacial score (nSPS) is 11.2. The molecule has 0 fully saturated rings. The fraction of sp³-hybridized carbons (Fsp3) is 0.250. The molecule has 0 aliphatic rings. The molecule has 0 saturated carbocycles. The number of aryl methyl sites for hydroxylation is 1. The van der Waals surface area contributed by atoms with Crippen LogP contribution in [0, 0.1) is 0 Å². The average molecular weight is 277 g/mol. The minimum atomic E-state index is 0.0156. The van der Waals surface area contributed by atoms with Gasteiger partial charge in [-0.2, -0.15) is 0 Å². The van der Waals surface area contributed by atoms with Gasteiger partial charge in [0.15, 0.2) is 0 Å². The number of carbonyl (C=O) groups excluding carboxylic acids is 1. The first-order valence-corrected chi connectivity index (χ1v) is 7.39. The van der Waals surface area contributed by atoms with E-state index < -0.39 is 0 Å². The van der Waals surface area contributed by atoms with Crippen molar-refractivity contribution in [1.82, 2.24) is 15.0 Å². The summed E-state index contributed by atoms with van der Waals surface area (Å²) < 4.78 is 4.01. The molecule has 3 aromatic heterocycles. The maximum absolute atomic E-state index is 12.4. The van der Waals surface area contributed by atoms with Crippen molar-refractivity contribution in [2.75, 3.05) is 0 Å². The molecule has 0 spiro atoms. The Bertz CT molecular complexity index is 666. The van der Waals surface area contributed by atoms with Crippen molar-refractivity contribution in [3.05, 3.63) is 34.3 Å². The van der Waals surface area contributed by atoms with Crippen molar-refractivity contribution < 1.29 is 4.79 Å². The van der Waals surface area contributed by atoms with Crippen LogP contribution in [0.5, 0.6) is 0 Å². The highest BCUT2D eigenvalue weighted by atomic mass is 32.1. The molecule has 0 aliphatic carbocycles. The first-order chi connectivity index (χ1) is 8.79. The Balaban J connectivity index is 1.98. The van der Waals surface area contributed by atoms with Crippen LogP contribution in [0.4, 0.5) is 0 Å². The van der Waals surface area contributed by atoms with Crippen LogP contribution in [0.2, 0.25) is 0 Å². The topological polar surface area (TPSA) is 47.8 Å². The molecule has 18 heavy (non-hydrogen) atoms. The van der Waals surface area contributed by atoms with E-state index in [1.807, 2.05) is 17.5 Å². The second kappa shape index (κ2) is 4.62. The molecule has 0 saturated heterocycles. The lowest BCUT2D eigenvalue weighted by Crippen LogP contribution is -2.10. The molecule has 3 rings (SSSR count). The molecule has 0 atom stereocenters. The van der Waals surface area contributed by atoms with Gasteiger partial charge in [-0.1, -0.05) is 12.1 Å². The van der Waals surface area contributed by atoms with E-state index in [0.717, 1.165) is 27.2 Å². The van der Waals surface area contributed by atoms with Gasteiger partial charge in [-0.15, -0.1) is 27.8 Å². The maximum Gasteiger partial charge on any atom is 0.222 e. The van der Waals surface area contributed by atoms with Crippen LogP contribution < -0.4 is 0 Å². The minimum absolute atomic E-state index is 0.0156. The number of aromatic nitrogens is 3. The third kappa shape index (κ3) is 1.87. The lowest BCUT2D eigenvalue weighted by molar-refractivity contribution is 0.103. The van der Waals surface area contributed by atoms with Crippen molar-refractivity contribution in [1.29, 1.82) is 0 Å². The Kier molecular flexibility index (Phi) is 2.97. The smallest absolute Gasteiger partial charge is 0.222 e. The van der Waals surface area contributed by atoms with Gasteiger partial charge in [-0.25, -0.2) is 4.68 Å². The molecule has 4 nitrogen and oxygen atoms in total. The summed E-state index contributed by atoms with van der Waals surface area (Å²) in [6.07, 6.45) is 2.48. The molecule has 6 heteroatoms. The first kappa shape index (κ1) is 11.6. The van der Waals surface area contributed by atoms with E-state index in [2.05, 4.69) is 17.2 Å². The maximum atomic E-state index is 12.4. The molecule has 0 N–H and O–H groups in total. The molecule has 3 aromatic rings. The van der Waals surface area contributed by atoms with E-state index in [0.29, 0.717) is 5.69 Å². The van der Waals surface area contributed by atoms with Gasteiger partial charge in [0.2, 0.25) is 5.78 Å². The summed E-state index contributed by atoms with van der Waals surface area (Å²) in [5.41, 5.74) is 0.575. The monoisotopic (exact) mass is 277 g/mol. The quantitative estimate of drug-likeness (QED) is 0.688. The molecule has 0 amide bonds. The minimum Gasteiger partial charge on any atom is -0.286 e. The summed E-state index contributed by atoms with van der Waals surface area (Å²) >= 11 is 3.19. The third-order valence-corrected chi connectivity index (χ3v) is 4.74. The zero-order valence-electron chi connectivity index (χ0n) is 9.79. The van der Waals surface area contributed by atoms with Gasteiger partial charge in [-0.3, -0.25) is 4.79 Å². The molecular formula is C12H11N3OS2. The molecule has 0 bridgehead atoms. The van der Waals surface area contributed by atoms with Gasteiger partial charge >= 0.3 is 0 Å². The van der Waals surface area contributed by atoms with E-state index in [9.17, 15) is 4.79 Å². The molecule has 0 aliphatic heterocycles. The predicted octanol–water partition coefficient (Wildman–Crippen LogP) is 3.20. The van der Waals surface area contributed by atoms with Crippen molar-refractivity contribution in [3.8, 4) is 0 Å². The highest BCUT2D eigenvalue weighted by Crippen LogP contribution is 2.31. The highest BCUT2D eigenvalue weighted by Gasteiger charge is 2.17. The largest absolute Gasteiger partial charge is 0.286 e. The van der Waals surface area contributed by atoms with Crippen LogP contribution in [0.15, 0.2) is 23.7 Å². The van der Waals surface area contributed by atoms with Crippen molar-refractivity contribution >= 4 is 37.9 Å². The molecule has 0 unspecified atom stereocenters. The summed E-state index contributed by atoms with van der Waals surface area (Å²) in [5.74, 6) is 0.0156. The van der Waals surface area contributed by atoms with Crippen molar-refractivity contribution in [2.24, 2.45) is 0 Å². The molecule has 92 valence electrons. The number of rotatable bonds is 4. The van der Waals surface area contributed by atoms with Gasteiger partial charge < -0.3 is 0 Å². The van der Waals surface area contributed by atoms with Crippen LogP contribution in [-0.4, -0.2) is 20.8 Å². The van der Waals surface area contributed by atoms with Crippen molar-refractivity contribution in [2.45, 2.75) is 19.9 Å². The van der Waals surface area contributed by atoms with E-state index in [4.69, 9.17) is 0 Å². The van der Waals surface area contributed by atoms with Gasteiger partial charge in [0.25, 0.3) is 0 Å². The van der Waals surface area contributed by atoms with Crippen LogP contribution in [0.25, 0.3) is 9.40 Å². The second-order valence-electron chi connectivity index (χ2n) is 3.93. The van der Waals surface area contributed by atoms with Crippen LogP contribution in [0.3, 0.4) is 0 Å². The molecule has 0 radical (unpaired) electrons. The third-order valence-electron chi connectivity index (χ3n) is 2.65. The van der Waals surface area contributed by atoms with E-state index in [-0.39, 0.29) is 5.78 Å². The Morgan fingerprint density at radius 1 is 1.44 bits per heavy atom. The Labute approximate surface area is 112 Å². The number of hydrogen-bond donors (Lipinski definition) is 0. The second-order valence-corrected chi connectivity index (χ2v) is 5.96. The standard InChI is InChI=1S/C12H11N3OS2/c1-2-4-15-8(7-13-14-15)12(16)11-6-10-9(18-11)3-5-17-10/h3,5-7H,2,4H2,1H3. The summed E-state index contributed by atoms with van der Waals surface area (Å²) in [7, 11) is 0. The highest BCUT2D eigenvalue weighted by molar-refractivity contribution is 7.28. The number of nitrogens with zero attached hydrogens (tertiary/aromatic N) is 3. The summed E-state index contributed by atoms with van der Waals surface area (Å²) in [5, 5.41) is 9.82. The van der Waals surface area contributed by atoms with E-state index in [1.54, 1.807) is 22.2 Å². The fourth-order valence-corrected chi connectivity index (χ4v) is 3.87. The van der Waals surface area contributed by atoms with Crippen LogP contribution in [0.1, 0.15) is 28.7 Å². The zero-order valence-corrected chi connectivity index (χ0v) is 11.4. The molecule has 3 heterocycles. The van der Waals surface area contributed by atoms with Crippen LogP contribution >= 0.6 is 22.7 Å². The predicted molar refractivity (Wildman–Crippen MR) is 73.4 cm³/mol. The Morgan fingerprint density at radius 3 is 3.11 bits per heavy atom. The average Bonchev–Trinajstić information content (AvgIpc) is 3.02. The Morgan fingerprint density at radius 2 is 2.33 bits per heavy atom. The summed E-state index contributed by atoms with van der Waals surface area (Å²) in [4.78, 5) is 13.1. The first-order valence-electron chi connectivity index (χ1n) is 5.70. The van der Waals surface area contributed by atoms with Gasteiger partial charge in [0.1, 0.15) is 5.69 Å². The molecule has 0 aromatic carbocycles. The number of thiophene rings is 2. The van der Waals surface area contributed by atoms with Crippen molar-refractivity contribution in [3.63, 3.8) is 0 Å². The van der Waals surface area contributed by atoms with Gasteiger partial charge in [0, 0.05) is 15.9 Å². The number of ketones is 1. The van der Waals surface area contributed by atoms with Crippen LogP contribution in [-0.2, 0) is 6.54 Å². The lowest BCUT2D eigenvalue weighted by atomic mass is 10.2. The van der Waals surface area contributed by atoms with E-state index in [1.165, 1.54) is 11.3 Å². The number of hydrogen-bond acceptors (Lipinski definition) is 5.